The van der Waals surface area contributed by atoms with Crippen LogP contribution in [0, 0.1) is 13.8 Å². The smallest absolute Gasteiger partial charge is 0.410 e. The number of fused-ring (bicyclic) bond motifs is 3. The molecule has 2 saturated heterocycles. The van der Waals surface area contributed by atoms with Crippen LogP contribution in [0.2, 0.25) is 0 Å². The Labute approximate surface area is 217 Å². The minimum absolute atomic E-state index is 0.0502. The molecule has 2 fully saturated rings. The number of hydrogen-bond donors (Lipinski definition) is 0. The number of rotatable bonds is 5. The van der Waals surface area contributed by atoms with E-state index in [4.69, 9.17) is 14.2 Å². The SMILES string of the molecule is CC.Cc1c(CCN2CCC3C(C2)OC(=O)N3Cc2ccc3c(c2C)COC3=O)ccc2c1COC2=O. The minimum Gasteiger partial charge on any atom is -0.457 e. The lowest BCUT2D eigenvalue weighted by atomic mass is 9.95. The van der Waals surface area contributed by atoms with Gasteiger partial charge < -0.3 is 14.2 Å². The van der Waals surface area contributed by atoms with E-state index in [1.54, 1.807) is 6.07 Å². The molecular weight excluding hydrogens is 472 g/mol. The highest BCUT2D eigenvalue weighted by atomic mass is 16.6. The van der Waals surface area contributed by atoms with Gasteiger partial charge in [-0.1, -0.05) is 26.0 Å². The molecule has 8 nitrogen and oxygen atoms in total. The van der Waals surface area contributed by atoms with Crippen LogP contribution in [-0.2, 0) is 40.4 Å². The van der Waals surface area contributed by atoms with Gasteiger partial charge in [-0.25, -0.2) is 14.4 Å². The Morgan fingerprint density at radius 2 is 1.46 bits per heavy atom. The van der Waals surface area contributed by atoms with Gasteiger partial charge in [-0.2, -0.15) is 0 Å². The summed E-state index contributed by atoms with van der Waals surface area (Å²) in [6, 6.07) is 7.68. The molecule has 0 radical (unpaired) electrons. The summed E-state index contributed by atoms with van der Waals surface area (Å²) in [4.78, 5) is 40.6. The van der Waals surface area contributed by atoms with Crippen molar-refractivity contribution in [2.24, 2.45) is 0 Å². The van der Waals surface area contributed by atoms with Crippen LogP contribution in [0.1, 0.15) is 74.4 Å². The lowest BCUT2D eigenvalue weighted by molar-refractivity contribution is 0.0526. The molecule has 4 aliphatic heterocycles. The predicted octanol–water partition coefficient (Wildman–Crippen LogP) is 4.31. The van der Waals surface area contributed by atoms with Crippen LogP contribution in [-0.4, -0.2) is 59.6 Å². The molecule has 2 aromatic carbocycles. The quantitative estimate of drug-likeness (QED) is 0.441. The van der Waals surface area contributed by atoms with Crippen molar-refractivity contribution in [3.05, 3.63) is 68.8 Å². The maximum atomic E-state index is 12.8. The first-order chi connectivity index (χ1) is 17.9. The first kappa shape index (κ1) is 25.3. The summed E-state index contributed by atoms with van der Waals surface area (Å²) in [6.07, 6.45) is 1.31. The zero-order valence-corrected chi connectivity index (χ0v) is 22.0. The van der Waals surface area contributed by atoms with E-state index in [2.05, 4.69) is 11.8 Å². The van der Waals surface area contributed by atoms with E-state index >= 15 is 0 Å². The largest absolute Gasteiger partial charge is 0.457 e. The normalized spacial score (nSPS) is 21.9. The molecule has 8 heteroatoms. The molecular formula is C29H34N2O6. The molecule has 4 heterocycles. The molecule has 37 heavy (non-hydrogen) atoms. The van der Waals surface area contributed by atoms with E-state index in [0.717, 1.165) is 53.7 Å². The number of carbonyl (C=O) groups excluding carboxylic acids is 3. The van der Waals surface area contributed by atoms with Gasteiger partial charge in [0, 0.05) is 37.3 Å². The molecule has 196 valence electrons. The zero-order valence-electron chi connectivity index (χ0n) is 22.0. The summed E-state index contributed by atoms with van der Waals surface area (Å²) in [5.74, 6) is -0.513. The summed E-state index contributed by atoms with van der Waals surface area (Å²) in [7, 11) is 0. The Morgan fingerprint density at radius 3 is 2.11 bits per heavy atom. The second-order valence-electron chi connectivity index (χ2n) is 9.86. The molecule has 0 aromatic heterocycles. The number of amides is 1. The molecule has 6 rings (SSSR count). The molecule has 2 aromatic rings. The summed E-state index contributed by atoms with van der Waals surface area (Å²) < 4.78 is 16.1. The fourth-order valence-corrected chi connectivity index (χ4v) is 5.86. The van der Waals surface area contributed by atoms with Crippen molar-refractivity contribution in [1.29, 1.82) is 0 Å². The van der Waals surface area contributed by atoms with Crippen molar-refractivity contribution in [2.45, 2.75) is 72.4 Å². The Balaban J connectivity index is 0.00000137. The van der Waals surface area contributed by atoms with Crippen LogP contribution in [0.15, 0.2) is 24.3 Å². The number of nitrogens with zero attached hydrogens (tertiary/aromatic N) is 2. The van der Waals surface area contributed by atoms with Gasteiger partial charge in [-0.05, 0) is 61.1 Å². The predicted molar refractivity (Wildman–Crippen MR) is 136 cm³/mol. The average Bonchev–Trinajstić information content (AvgIpc) is 3.57. The Hall–Kier alpha value is -3.39. The van der Waals surface area contributed by atoms with Gasteiger partial charge in [-0.3, -0.25) is 9.80 Å². The van der Waals surface area contributed by atoms with Crippen molar-refractivity contribution < 1.29 is 28.6 Å². The van der Waals surface area contributed by atoms with Crippen LogP contribution in [0.4, 0.5) is 4.79 Å². The fraction of sp³-hybridized carbons (Fsp3) is 0.483. The summed E-state index contributed by atoms with van der Waals surface area (Å²) in [6.45, 7) is 11.7. The molecule has 4 aliphatic rings. The van der Waals surface area contributed by atoms with Crippen LogP contribution in [0.3, 0.4) is 0 Å². The Morgan fingerprint density at radius 1 is 0.865 bits per heavy atom. The van der Waals surface area contributed by atoms with Crippen molar-refractivity contribution in [3.63, 3.8) is 0 Å². The number of likely N-dealkylation sites (tertiary alicyclic amines) is 1. The zero-order chi connectivity index (χ0) is 26.3. The van der Waals surface area contributed by atoms with Crippen LogP contribution in [0.25, 0.3) is 0 Å². The van der Waals surface area contributed by atoms with Gasteiger partial charge in [0.25, 0.3) is 0 Å². The van der Waals surface area contributed by atoms with E-state index < -0.39 is 0 Å². The molecule has 0 N–H and O–H groups in total. The lowest BCUT2D eigenvalue weighted by Gasteiger charge is -2.35. The Bertz CT molecular complexity index is 1260. The van der Waals surface area contributed by atoms with Crippen molar-refractivity contribution in [2.75, 3.05) is 19.6 Å². The fourth-order valence-electron chi connectivity index (χ4n) is 5.86. The monoisotopic (exact) mass is 506 g/mol. The van der Waals surface area contributed by atoms with Gasteiger partial charge >= 0.3 is 18.0 Å². The van der Waals surface area contributed by atoms with Gasteiger partial charge in [0.15, 0.2) is 0 Å². The summed E-state index contributed by atoms with van der Waals surface area (Å²) in [5.41, 5.74) is 7.63. The van der Waals surface area contributed by atoms with Crippen molar-refractivity contribution >= 4 is 18.0 Å². The van der Waals surface area contributed by atoms with Gasteiger partial charge in [0.05, 0.1) is 17.2 Å². The molecule has 2 unspecified atom stereocenters. The number of esters is 2. The van der Waals surface area contributed by atoms with E-state index in [0.29, 0.717) is 37.4 Å². The van der Waals surface area contributed by atoms with Crippen molar-refractivity contribution in [3.8, 4) is 0 Å². The van der Waals surface area contributed by atoms with Gasteiger partial charge in [0.2, 0.25) is 0 Å². The number of hydrogen-bond acceptors (Lipinski definition) is 7. The number of piperidine rings is 1. The maximum absolute atomic E-state index is 12.8. The van der Waals surface area contributed by atoms with Crippen LogP contribution >= 0.6 is 0 Å². The van der Waals surface area contributed by atoms with Gasteiger partial charge in [0.1, 0.15) is 19.3 Å². The van der Waals surface area contributed by atoms with Gasteiger partial charge in [-0.15, -0.1) is 0 Å². The first-order valence-electron chi connectivity index (χ1n) is 13.2. The second kappa shape index (κ2) is 10.2. The molecule has 0 bridgehead atoms. The molecule has 1 amide bonds. The minimum atomic E-state index is -0.278. The third kappa shape index (κ3) is 4.48. The number of cyclic esters (lactones) is 2. The second-order valence-corrected chi connectivity index (χ2v) is 9.86. The standard InChI is InChI=1S/C27H28N2O6.C2H6/c1-15-17(3-5-19-21(15)13-33-25(19)30)7-9-28-10-8-23-24(12-28)35-27(32)29(23)11-18-4-6-20-22(16(18)2)14-34-26(20)31;1-2/h3-6,23-24H,7-14H2,1-2H3;1-2H3. The number of carbonyl (C=O) groups is 3. The highest BCUT2D eigenvalue weighted by Crippen LogP contribution is 2.32. The van der Waals surface area contributed by atoms with E-state index in [9.17, 15) is 14.4 Å². The molecule has 2 atom stereocenters. The lowest BCUT2D eigenvalue weighted by Crippen LogP contribution is -2.49. The van der Waals surface area contributed by atoms with Crippen molar-refractivity contribution in [1.82, 2.24) is 9.80 Å². The third-order valence-electron chi connectivity index (χ3n) is 8.09. The summed E-state index contributed by atoms with van der Waals surface area (Å²) in [5, 5.41) is 0. The van der Waals surface area contributed by atoms with E-state index in [-0.39, 0.29) is 30.2 Å². The van der Waals surface area contributed by atoms with E-state index in [1.165, 1.54) is 5.56 Å². The maximum Gasteiger partial charge on any atom is 0.410 e. The molecule has 0 spiro atoms. The number of benzene rings is 2. The Kier molecular flexibility index (Phi) is 6.94. The molecule has 0 aliphatic carbocycles. The van der Waals surface area contributed by atoms with Crippen LogP contribution in [0.5, 0.6) is 0 Å². The number of ether oxygens (including phenoxy) is 3. The topological polar surface area (TPSA) is 85.4 Å². The summed E-state index contributed by atoms with van der Waals surface area (Å²) >= 11 is 0. The van der Waals surface area contributed by atoms with Crippen LogP contribution < -0.4 is 0 Å². The third-order valence-corrected chi connectivity index (χ3v) is 8.09. The average molecular weight is 507 g/mol. The first-order valence-corrected chi connectivity index (χ1v) is 13.2. The van der Waals surface area contributed by atoms with E-state index in [1.807, 2.05) is 43.9 Å². The highest BCUT2D eigenvalue weighted by Gasteiger charge is 2.45. The highest BCUT2D eigenvalue weighted by molar-refractivity contribution is 5.94. The molecule has 0 saturated carbocycles.